The van der Waals surface area contributed by atoms with E-state index in [0.29, 0.717) is 0 Å². The minimum Gasteiger partial charge on any atom is -0.480 e. The third-order valence-electron chi connectivity index (χ3n) is 25.2. The lowest BCUT2D eigenvalue weighted by atomic mass is 10.1. The van der Waals surface area contributed by atoms with Gasteiger partial charge < -0.3 is 119 Å². The minimum atomic E-state index is -2.06. The van der Waals surface area contributed by atoms with Crippen molar-refractivity contribution in [1.29, 1.82) is 0 Å². The molecule has 4 fully saturated rings. The molecule has 0 aliphatic carbocycles. The van der Waals surface area contributed by atoms with Crippen molar-refractivity contribution >= 4 is 137 Å². The molecule has 0 spiro atoms. The zero-order chi connectivity index (χ0) is 111. The minimum absolute atomic E-state index is 0.00123. The van der Waals surface area contributed by atoms with Crippen LogP contribution in [-0.2, 0) is 110 Å². The second-order valence-corrected chi connectivity index (χ2v) is 36.4. The maximum absolute atomic E-state index is 15.1. The van der Waals surface area contributed by atoms with Gasteiger partial charge in [0.25, 0.3) is 0 Å². The average Bonchev–Trinajstić information content (AvgIpc) is 0.872. The average molecular weight is 2140 g/mol. The molecule has 4 unspecified atom stereocenters. The van der Waals surface area contributed by atoms with Gasteiger partial charge in [-0.25, -0.2) is 0 Å². The first-order valence-corrected chi connectivity index (χ1v) is 48.4. The van der Waals surface area contributed by atoms with Gasteiger partial charge in [0.1, 0.15) is 42.3 Å². The second-order valence-electron chi connectivity index (χ2n) is 36.4. The molecule has 4 heterocycles. The predicted molar refractivity (Wildman–Crippen MR) is 511 cm³/mol. The molecule has 23 N–H and O–H groups in total. The van der Waals surface area contributed by atoms with Crippen LogP contribution in [0, 0.1) is 0 Å². The molecule has 62 heteroatoms. The number of likely N-dealkylation sites (N-methyl/N-ethyl adjacent to an activating group) is 1. The molecular formula is C87H145N23O39. The van der Waals surface area contributed by atoms with Crippen molar-refractivity contribution in [3.05, 3.63) is 0 Å². The van der Waals surface area contributed by atoms with E-state index in [1.165, 1.54) is 78.4 Å². The van der Waals surface area contributed by atoms with Crippen molar-refractivity contribution < 1.29 is 192 Å². The molecule has 4 aliphatic heterocycles. The van der Waals surface area contributed by atoms with Crippen LogP contribution in [-0.4, -0.2) is 654 Å². The molecule has 7 amide bonds. The van der Waals surface area contributed by atoms with Crippen molar-refractivity contribution in [1.82, 2.24) is 116 Å². The molecule has 4 aliphatic rings. The first-order chi connectivity index (χ1) is 70.3. The van der Waals surface area contributed by atoms with Crippen LogP contribution in [0.15, 0.2) is 0 Å². The largest absolute Gasteiger partial charge is 0.480 e. The van der Waals surface area contributed by atoms with Crippen molar-refractivity contribution in [2.45, 2.75) is 100 Å². The number of carboxylic acid groups (broad SMARTS) is 16. The lowest BCUT2D eigenvalue weighted by molar-refractivity contribution is -0.145. The van der Waals surface area contributed by atoms with Crippen LogP contribution in [0.4, 0.5) is 0 Å². The van der Waals surface area contributed by atoms with Crippen LogP contribution >= 0.6 is 0 Å². The molecule has 0 aromatic carbocycles. The first-order valence-electron chi connectivity index (χ1n) is 48.4. The molecule has 4 rings (SSSR count). The molecule has 149 heavy (non-hydrogen) atoms. The molecule has 0 saturated carbocycles. The van der Waals surface area contributed by atoms with Crippen molar-refractivity contribution in [2.75, 3.05) is 315 Å². The number of aliphatic carboxylic acids is 16. The van der Waals surface area contributed by atoms with Crippen LogP contribution in [0.2, 0.25) is 0 Å². The van der Waals surface area contributed by atoms with E-state index < -0.39 is 335 Å². The van der Waals surface area contributed by atoms with Gasteiger partial charge in [-0.1, -0.05) is 0 Å². The van der Waals surface area contributed by atoms with Crippen LogP contribution in [0.3, 0.4) is 0 Å². The van der Waals surface area contributed by atoms with Crippen molar-refractivity contribution in [3.8, 4) is 0 Å². The number of nitrogens with zero attached hydrogens (tertiary/aromatic N) is 16. The fourth-order valence-corrected chi connectivity index (χ4v) is 17.3. The lowest BCUT2D eigenvalue weighted by Gasteiger charge is -2.35. The highest BCUT2D eigenvalue weighted by molar-refractivity contribution is 5.94. The summed E-state index contributed by atoms with van der Waals surface area (Å²) >= 11 is 0. The Bertz CT molecular complexity index is 4350. The van der Waals surface area contributed by atoms with E-state index in [2.05, 4.69) is 37.2 Å². The molecule has 62 nitrogen and oxygen atoms in total. The topological polar surface area (TPSA) is 852 Å². The Balaban J connectivity index is 1.82. The number of amides is 7. The lowest BCUT2D eigenvalue weighted by Crippen LogP contribution is -2.60. The first kappa shape index (κ1) is 128. The summed E-state index contributed by atoms with van der Waals surface area (Å²) in [5.41, 5.74) is 0. The highest BCUT2D eigenvalue weighted by atomic mass is 16.4. The quantitative estimate of drug-likeness (QED) is 0.0269. The number of hydrogen-bond acceptors (Lipinski definition) is 39. The smallest absolute Gasteiger partial charge is 0.320 e. The Kier molecular flexibility index (Phi) is 59.2. The summed E-state index contributed by atoms with van der Waals surface area (Å²) in [5, 5.41) is 178. The number of hydrogen-bond donors (Lipinski definition) is 23. The van der Waals surface area contributed by atoms with Gasteiger partial charge in [-0.2, -0.15) is 0 Å². The fourth-order valence-electron chi connectivity index (χ4n) is 17.3. The highest BCUT2D eigenvalue weighted by Gasteiger charge is 2.38. The molecule has 4 saturated heterocycles. The van der Waals surface area contributed by atoms with Gasteiger partial charge in [-0.3, -0.25) is 189 Å². The Morgan fingerprint density at radius 1 is 0.195 bits per heavy atom. The maximum atomic E-state index is 15.1. The third-order valence-corrected chi connectivity index (χ3v) is 25.2. The van der Waals surface area contributed by atoms with E-state index in [4.69, 9.17) is 0 Å². The van der Waals surface area contributed by atoms with Gasteiger partial charge in [0.15, 0.2) is 0 Å². The van der Waals surface area contributed by atoms with E-state index in [-0.39, 0.29) is 209 Å². The highest BCUT2D eigenvalue weighted by Crippen LogP contribution is 2.18. The SMILES string of the molecule is CNC(=O)[C@H](CNC(=O)[C@H](CCNC(=O)CCC(C(=O)O)N1CCN(CC(=O)O)CCN(CC(=O)O)CCN(CC(=O)O)CC1)NC(=O)CCC(C(=O)O)N1CCN(CC(=O)O)CCN(CC(=O)O)CCN(CC(=O)O)CC1)NC(=O)[C@H](CNC(=O)CCC(C(=O)O)N1CCN(CC(=O)O)CCN(CC(=O)O)CCN(CC(=O)O)CC1)NC(=O)CCC(C(=O)O)N1CCN(CC(=O)O)CCN(CC(=O)O)CCN(CC(=O)O)CC1. The summed E-state index contributed by atoms with van der Waals surface area (Å²) in [7, 11) is 1.07. The number of carboxylic acids is 16. The van der Waals surface area contributed by atoms with Crippen LogP contribution < -0.4 is 37.2 Å². The van der Waals surface area contributed by atoms with Crippen LogP contribution in [0.25, 0.3) is 0 Å². The van der Waals surface area contributed by atoms with Gasteiger partial charge in [-0.05, 0) is 32.1 Å². The van der Waals surface area contributed by atoms with Gasteiger partial charge in [0.2, 0.25) is 41.4 Å². The number of carbonyl (C=O) groups excluding carboxylic acids is 7. The third kappa shape index (κ3) is 54.8. The molecular weight excluding hydrogens is 1990 g/mol. The molecule has 0 bridgehead atoms. The Morgan fingerprint density at radius 3 is 0.564 bits per heavy atom. The Labute approximate surface area is 856 Å². The summed E-state index contributed by atoms with van der Waals surface area (Å²) < 4.78 is 0. The number of rotatable bonds is 57. The van der Waals surface area contributed by atoms with Gasteiger partial charge in [-0.15, -0.1) is 0 Å². The standard InChI is InChI=1S/C87H145N23O39/c1-88-81(139)59(94-83(141)60(93-68(114)9-5-64(87(148)149)110-42-34-105(56-79(135)136)26-18-98(49-72(121)122)19-27-106(35-43-110)57-80(137)138)44-90-66(112)7-3-62(85(144)145)108-38-30-101(52-75(127)128)22-14-96(47-70(117)118)15-23-102(31-39-108)53-76(129)130)45-91-82(140)58(92-67(113)8-4-63(86(146)147)109-40-32-103(54-77(131)132)24-16-97(48-71(119)120)17-25-104(33-41-109)55-78(133)134)10-11-89-65(111)6-2-61(84(142)143)107-36-28-99(50-73(123)124)20-12-95(46-69(115)116)13-21-100(29-37-107)51-74(125)126/h58-64H,2-57H2,1H3,(H,88,139)(H,89,111)(H,90,112)(H,91,140)(H,92,113)(H,93,114)(H,94,141)(H,115,116)(H,117,118)(H,119,120)(H,121,122)(H,123,124)(H,125,126)(H,127,128)(H,129,130)(H,131,132)(H,133,134)(H,135,136)(H,137,138)(H,142,143)(H,144,145)(H,146,147)(H,148,149)/t58-,59-,60-,61?,62?,63?,64?/m0/s1. The van der Waals surface area contributed by atoms with E-state index in [1.54, 1.807) is 0 Å². The van der Waals surface area contributed by atoms with Crippen molar-refractivity contribution in [2.24, 2.45) is 0 Å². The van der Waals surface area contributed by atoms with Gasteiger partial charge >= 0.3 is 95.5 Å². The van der Waals surface area contributed by atoms with E-state index in [9.17, 15) is 187 Å². The van der Waals surface area contributed by atoms with E-state index in [0.717, 1.165) is 7.05 Å². The van der Waals surface area contributed by atoms with Crippen LogP contribution in [0.1, 0.15) is 57.8 Å². The molecule has 0 aromatic rings. The summed E-state index contributed by atoms with van der Waals surface area (Å²) in [6, 6.07) is -12.4. The van der Waals surface area contributed by atoms with Gasteiger partial charge in [0, 0.05) is 262 Å². The number of carbonyl (C=O) groups is 23. The zero-order valence-corrected chi connectivity index (χ0v) is 83.3. The summed E-state index contributed by atoms with van der Waals surface area (Å²) in [5.74, 6) is -29.3. The Morgan fingerprint density at radius 2 is 0.369 bits per heavy atom. The Hall–Kier alpha value is -12.8. The summed E-state index contributed by atoms with van der Waals surface area (Å²) in [6.07, 6.45) is -5.82. The molecule has 0 radical (unpaired) electrons. The molecule has 842 valence electrons. The van der Waals surface area contributed by atoms with Gasteiger partial charge in [0.05, 0.1) is 78.5 Å². The predicted octanol–water partition coefficient (Wildman–Crippen LogP) is -13.2. The summed E-state index contributed by atoms with van der Waals surface area (Å²) in [4.78, 5) is 322. The molecule has 7 atom stereocenters. The maximum Gasteiger partial charge on any atom is 0.320 e. The summed E-state index contributed by atoms with van der Waals surface area (Å²) in [6.45, 7) is -13.2. The van der Waals surface area contributed by atoms with E-state index in [1.807, 2.05) is 0 Å². The van der Waals surface area contributed by atoms with E-state index >= 15 is 4.79 Å². The monoisotopic (exact) mass is 2140 g/mol. The second kappa shape index (κ2) is 68.7. The normalized spacial score (nSPS) is 19.1. The van der Waals surface area contributed by atoms with Crippen molar-refractivity contribution in [3.63, 3.8) is 0 Å². The molecule has 0 aromatic heterocycles. The van der Waals surface area contributed by atoms with Crippen LogP contribution in [0.5, 0.6) is 0 Å². The zero-order valence-electron chi connectivity index (χ0n) is 83.3. The fraction of sp³-hybridized carbons (Fsp3) is 0.736. The number of nitrogens with one attached hydrogen (secondary N) is 7.